The average Bonchev–Trinajstić information content (AvgIpc) is 3.17. The summed E-state index contributed by atoms with van der Waals surface area (Å²) in [6.45, 7) is 1.02. The van der Waals surface area contributed by atoms with E-state index in [1.165, 1.54) is 64.2 Å². The van der Waals surface area contributed by atoms with E-state index in [9.17, 15) is 0 Å². The fourth-order valence-corrected chi connectivity index (χ4v) is 6.27. The van der Waals surface area contributed by atoms with E-state index in [2.05, 4.69) is 12.4 Å². The minimum atomic E-state index is 0.287. The zero-order valence-corrected chi connectivity index (χ0v) is 13.1. The quantitative estimate of drug-likeness (QED) is 0.848. The zero-order chi connectivity index (χ0) is 13.6. The van der Waals surface area contributed by atoms with Crippen LogP contribution in [0.2, 0.25) is 0 Å². The van der Waals surface area contributed by atoms with Gasteiger partial charge in [0.05, 0.1) is 5.60 Å². The second kappa shape index (κ2) is 5.28. The Kier molecular flexibility index (Phi) is 3.58. The van der Waals surface area contributed by atoms with Gasteiger partial charge in [0.2, 0.25) is 0 Å². The van der Waals surface area contributed by atoms with E-state index >= 15 is 0 Å². The Labute approximate surface area is 124 Å². The fraction of sp³-hybridized carbons (Fsp3) is 1.00. The molecule has 3 saturated carbocycles. The average molecular weight is 277 g/mol. The molecule has 0 aromatic heterocycles. The summed E-state index contributed by atoms with van der Waals surface area (Å²) in [5.74, 6) is 3.96. The summed E-state index contributed by atoms with van der Waals surface area (Å²) >= 11 is 0. The lowest BCUT2D eigenvalue weighted by Crippen LogP contribution is -2.49. The molecule has 1 heterocycles. The van der Waals surface area contributed by atoms with Gasteiger partial charge in [-0.2, -0.15) is 0 Å². The Balaban J connectivity index is 1.47. The minimum Gasteiger partial charge on any atom is -0.375 e. The third-order valence-electron chi connectivity index (χ3n) is 7.14. The summed E-state index contributed by atoms with van der Waals surface area (Å²) in [7, 11) is 2.22. The van der Waals surface area contributed by atoms with Crippen molar-refractivity contribution in [3.8, 4) is 0 Å². The van der Waals surface area contributed by atoms with Crippen molar-refractivity contribution in [2.75, 3.05) is 13.7 Å². The van der Waals surface area contributed by atoms with E-state index < -0.39 is 0 Å². The first kappa shape index (κ1) is 13.6. The molecule has 4 rings (SSSR count). The maximum Gasteiger partial charge on any atom is 0.0685 e. The van der Waals surface area contributed by atoms with Gasteiger partial charge in [0.25, 0.3) is 0 Å². The molecule has 0 radical (unpaired) electrons. The van der Waals surface area contributed by atoms with Gasteiger partial charge < -0.3 is 10.1 Å². The highest BCUT2D eigenvalue weighted by atomic mass is 16.5. The van der Waals surface area contributed by atoms with Crippen LogP contribution < -0.4 is 5.32 Å². The minimum absolute atomic E-state index is 0.287. The smallest absolute Gasteiger partial charge is 0.0685 e. The van der Waals surface area contributed by atoms with Crippen molar-refractivity contribution in [3.05, 3.63) is 0 Å². The molecule has 1 aliphatic heterocycles. The van der Waals surface area contributed by atoms with Crippen molar-refractivity contribution in [2.24, 2.45) is 23.7 Å². The van der Waals surface area contributed by atoms with Crippen LogP contribution in [0.1, 0.15) is 64.2 Å². The molecule has 5 atom stereocenters. The molecule has 0 aromatic rings. The van der Waals surface area contributed by atoms with Gasteiger partial charge in [-0.05, 0) is 75.7 Å². The van der Waals surface area contributed by atoms with E-state index in [4.69, 9.17) is 4.74 Å². The lowest BCUT2D eigenvalue weighted by Gasteiger charge is -2.44. The van der Waals surface area contributed by atoms with Crippen LogP contribution in [0.5, 0.6) is 0 Å². The molecule has 114 valence electrons. The Morgan fingerprint density at radius 3 is 2.60 bits per heavy atom. The van der Waals surface area contributed by atoms with Crippen LogP contribution in [0, 0.1) is 23.7 Å². The first-order valence-electron chi connectivity index (χ1n) is 9.11. The van der Waals surface area contributed by atoms with E-state index in [-0.39, 0.29) is 5.60 Å². The van der Waals surface area contributed by atoms with Gasteiger partial charge in [0.15, 0.2) is 0 Å². The van der Waals surface area contributed by atoms with Gasteiger partial charge in [-0.25, -0.2) is 0 Å². The molecular formula is C18H31NO. The van der Waals surface area contributed by atoms with Gasteiger partial charge in [-0.3, -0.25) is 0 Å². The number of hydrogen-bond donors (Lipinski definition) is 1. The predicted octanol–water partition coefficient (Wildman–Crippen LogP) is 3.75. The third-order valence-corrected chi connectivity index (χ3v) is 7.14. The SMILES string of the molecule is CNC(C1CCOC2(CCCC2)C1)C1CC2CCC1C2. The molecule has 5 unspecified atom stereocenters. The maximum absolute atomic E-state index is 6.25. The monoisotopic (exact) mass is 277 g/mol. The molecule has 3 aliphatic carbocycles. The predicted molar refractivity (Wildman–Crippen MR) is 81.7 cm³/mol. The van der Waals surface area contributed by atoms with E-state index in [1.54, 1.807) is 0 Å². The van der Waals surface area contributed by atoms with Gasteiger partial charge in [0.1, 0.15) is 0 Å². The second-order valence-corrected chi connectivity index (χ2v) is 8.14. The van der Waals surface area contributed by atoms with Gasteiger partial charge >= 0.3 is 0 Å². The third kappa shape index (κ3) is 2.23. The summed E-state index contributed by atoms with van der Waals surface area (Å²) in [4.78, 5) is 0. The number of nitrogens with one attached hydrogen (secondary N) is 1. The normalized spacial score (nSPS) is 44.2. The molecule has 20 heavy (non-hydrogen) atoms. The largest absolute Gasteiger partial charge is 0.375 e. The van der Waals surface area contributed by atoms with Crippen molar-refractivity contribution in [3.63, 3.8) is 0 Å². The van der Waals surface area contributed by atoms with Crippen LogP contribution in [-0.2, 0) is 4.74 Å². The molecule has 1 N–H and O–H groups in total. The van der Waals surface area contributed by atoms with E-state index in [1.807, 2.05) is 0 Å². The highest BCUT2D eigenvalue weighted by Crippen LogP contribution is 2.52. The molecule has 4 aliphatic rings. The maximum atomic E-state index is 6.25. The summed E-state index contributed by atoms with van der Waals surface area (Å²) in [5, 5.41) is 3.75. The van der Waals surface area contributed by atoms with Crippen LogP contribution in [0.4, 0.5) is 0 Å². The Morgan fingerprint density at radius 2 is 1.95 bits per heavy atom. The van der Waals surface area contributed by atoms with E-state index in [0.29, 0.717) is 0 Å². The van der Waals surface area contributed by atoms with Gasteiger partial charge in [-0.15, -0.1) is 0 Å². The van der Waals surface area contributed by atoms with E-state index in [0.717, 1.165) is 36.3 Å². The molecule has 4 fully saturated rings. The zero-order valence-electron chi connectivity index (χ0n) is 13.1. The van der Waals surface area contributed by atoms with Crippen LogP contribution in [0.25, 0.3) is 0 Å². The van der Waals surface area contributed by atoms with Crippen LogP contribution in [0.15, 0.2) is 0 Å². The number of rotatable bonds is 3. The Hall–Kier alpha value is -0.0800. The lowest BCUT2D eigenvalue weighted by atomic mass is 9.72. The summed E-state index contributed by atoms with van der Waals surface area (Å²) in [5.41, 5.74) is 0.287. The highest BCUT2D eigenvalue weighted by Gasteiger charge is 2.48. The van der Waals surface area contributed by atoms with Gasteiger partial charge in [0, 0.05) is 12.6 Å². The summed E-state index contributed by atoms with van der Waals surface area (Å²) in [6, 6.07) is 0.770. The van der Waals surface area contributed by atoms with Crippen molar-refractivity contribution < 1.29 is 4.74 Å². The molecule has 1 saturated heterocycles. The Morgan fingerprint density at radius 1 is 1.10 bits per heavy atom. The van der Waals surface area contributed by atoms with Crippen LogP contribution in [0.3, 0.4) is 0 Å². The van der Waals surface area contributed by atoms with Crippen molar-refractivity contribution in [2.45, 2.75) is 75.9 Å². The summed E-state index contributed by atoms with van der Waals surface area (Å²) < 4.78 is 6.25. The number of hydrogen-bond acceptors (Lipinski definition) is 2. The van der Waals surface area contributed by atoms with Crippen molar-refractivity contribution in [1.82, 2.24) is 5.32 Å². The molecule has 2 heteroatoms. The number of fused-ring (bicyclic) bond motifs is 2. The van der Waals surface area contributed by atoms with Gasteiger partial charge in [-0.1, -0.05) is 19.3 Å². The first-order chi connectivity index (χ1) is 9.80. The molecular weight excluding hydrogens is 246 g/mol. The van der Waals surface area contributed by atoms with Crippen LogP contribution in [-0.4, -0.2) is 25.3 Å². The van der Waals surface area contributed by atoms with Crippen molar-refractivity contribution in [1.29, 1.82) is 0 Å². The highest BCUT2D eigenvalue weighted by molar-refractivity contribution is 5.00. The van der Waals surface area contributed by atoms with Crippen LogP contribution >= 0.6 is 0 Å². The fourth-order valence-electron chi connectivity index (χ4n) is 6.27. The van der Waals surface area contributed by atoms with Crippen molar-refractivity contribution >= 4 is 0 Å². The summed E-state index contributed by atoms with van der Waals surface area (Å²) in [6.07, 6.45) is 14.2. The first-order valence-corrected chi connectivity index (χ1v) is 9.11. The molecule has 0 amide bonds. The standard InChI is InChI=1S/C18H31NO/c1-19-17(16-11-13-4-5-14(16)10-13)15-6-9-20-18(12-15)7-2-3-8-18/h13-17,19H,2-12H2,1H3. The Bertz CT molecular complexity index is 349. The topological polar surface area (TPSA) is 21.3 Å². The lowest BCUT2D eigenvalue weighted by molar-refractivity contribution is -0.102. The molecule has 2 bridgehead atoms. The molecule has 0 aromatic carbocycles. The molecule has 1 spiro atoms. The number of ether oxygens (including phenoxy) is 1. The second-order valence-electron chi connectivity index (χ2n) is 8.14. The molecule has 2 nitrogen and oxygen atoms in total.